The van der Waals surface area contributed by atoms with Crippen LogP contribution in [-0.4, -0.2) is 31.5 Å². The molecule has 0 spiro atoms. The smallest absolute Gasteiger partial charge is 0.341 e. The summed E-state index contributed by atoms with van der Waals surface area (Å²) in [6, 6.07) is 3.13. The number of nitrogens with zero attached hydrogens (tertiary/aromatic N) is 2. The van der Waals surface area contributed by atoms with Crippen molar-refractivity contribution in [2.45, 2.75) is 10.7 Å². The van der Waals surface area contributed by atoms with Gasteiger partial charge in [0.2, 0.25) is 5.78 Å². The zero-order valence-electron chi connectivity index (χ0n) is 10.3. The van der Waals surface area contributed by atoms with E-state index in [1.54, 1.807) is 25.3 Å². The van der Waals surface area contributed by atoms with Crippen LogP contribution < -0.4 is 0 Å². The molecule has 0 bridgehead atoms. The van der Waals surface area contributed by atoms with Crippen LogP contribution in [0.15, 0.2) is 24.5 Å². The third-order valence-electron chi connectivity index (χ3n) is 2.52. The van der Waals surface area contributed by atoms with Crippen molar-refractivity contribution in [3.63, 3.8) is 0 Å². The maximum absolute atomic E-state index is 12.0. The first-order valence-electron chi connectivity index (χ1n) is 5.61. The largest absolute Gasteiger partial charge is 0.462 e. The van der Waals surface area contributed by atoms with Crippen molar-refractivity contribution in [2.75, 3.05) is 6.61 Å². The quantitative estimate of drug-likeness (QED) is 0.491. The van der Waals surface area contributed by atoms with Gasteiger partial charge in [0.15, 0.2) is 5.65 Å². The molecule has 0 aliphatic carbocycles. The maximum atomic E-state index is 12.0. The molecule has 2 heterocycles. The van der Waals surface area contributed by atoms with Crippen LogP contribution in [0.4, 0.5) is 0 Å². The van der Waals surface area contributed by atoms with Crippen LogP contribution in [0.2, 0.25) is 0 Å². The third kappa shape index (κ3) is 2.75. The minimum Gasteiger partial charge on any atom is -0.462 e. The number of fused-ring (bicyclic) bond motifs is 1. The number of Topliss-reactive ketones (excluding diaryl/α,β-unsaturated/α-hetero) is 1. The minimum atomic E-state index is -2.09. The van der Waals surface area contributed by atoms with E-state index in [9.17, 15) is 9.59 Å². The number of alkyl halides is 3. The van der Waals surface area contributed by atoms with Crippen molar-refractivity contribution in [3.05, 3.63) is 35.8 Å². The van der Waals surface area contributed by atoms with Gasteiger partial charge in [-0.1, -0.05) is 34.8 Å². The zero-order chi connectivity index (χ0) is 14.9. The number of pyridine rings is 1. The summed E-state index contributed by atoms with van der Waals surface area (Å²) in [5.74, 6) is -1.26. The topological polar surface area (TPSA) is 60.7 Å². The molecule has 2 rings (SSSR count). The van der Waals surface area contributed by atoms with Gasteiger partial charge in [0, 0.05) is 6.20 Å². The Bertz CT molecular complexity index is 676. The highest BCUT2D eigenvalue weighted by atomic mass is 35.6. The van der Waals surface area contributed by atoms with Gasteiger partial charge in [-0.2, -0.15) is 0 Å². The van der Waals surface area contributed by atoms with Crippen molar-refractivity contribution in [3.8, 4) is 0 Å². The summed E-state index contributed by atoms with van der Waals surface area (Å²) >= 11 is 16.7. The van der Waals surface area contributed by atoms with Crippen LogP contribution in [-0.2, 0) is 4.74 Å². The number of carbonyl (C=O) groups is 2. The Hall–Kier alpha value is -1.30. The summed E-state index contributed by atoms with van der Waals surface area (Å²) in [6.45, 7) is 1.93. The molecule has 0 radical (unpaired) electrons. The van der Waals surface area contributed by atoms with Crippen molar-refractivity contribution in [1.29, 1.82) is 0 Å². The molecule has 0 amide bonds. The molecule has 0 aliphatic rings. The molecule has 0 aliphatic heterocycles. The molecule has 0 saturated heterocycles. The van der Waals surface area contributed by atoms with Gasteiger partial charge in [0.05, 0.1) is 12.8 Å². The van der Waals surface area contributed by atoms with Gasteiger partial charge in [-0.25, -0.2) is 9.78 Å². The lowest BCUT2D eigenvalue weighted by molar-refractivity contribution is 0.0527. The summed E-state index contributed by atoms with van der Waals surface area (Å²) in [5.41, 5.74) is 0.576. The van der Waals surface area contributed by atoms with E-state index in [4.69, 9.17) is 39.5 Å². The van der Waals surface area contributed by atoms with Crippen molar-refractivity contribution < 1.29 is 14.3 Å². The first-order chi connectivity index (χ1) is 9.36. The molecule has 8 heteroatoms. The van der Waals surface area contributed by atoms with E-state index in [1.807, 2.05) is 0 Å². The van der Waals surface area contributed by atoms with Gasteiger partial charge in [-0.3, -0.25) is 9.20 Å². The lowest BCUT2D eigenvalue weighted by Gasteiger charge is -2.09. The summed E-state index contributed by atoms with van der Waals surface area (Å²) in [5, 5.41) is 0. The van der Waals surface area contributed by atoms with Crippen LogP contribution in [0, 0.1) is 0 Å². The van der Waals surface area contributed by atoms with Crippen LogP contribution in [0.1, 0.15) is 27.8 Å². The lowest BCUT2D eigenvalue weighted by atomic mass is 10.2. The molecule has 0 atom stereocenters. The summed E-state index contributed by atoms with van der Waals surface area (Å²) in [4.78, 5) is 27.8. The van der Waals surface area contributed by atoms with Crippen LogP contribution in [0.25, 0.3) is 5.65 Å². The molecule has 5 nitrogen and oxygen atoms in total. The molecule has 20 heavy (non-hydrogen) atoms. The standard InChI is InChI=1S/C12H9Cl3N2O3/c1-2-20-11(19)7-4-3-5-17-8(6-16-10(7)17)9(18)12(13,14)15/h3-6H,2H2,1H3. The van der Waals surface area contributed by atoms with E-state index in [0.29, 0.717) is 0 Å². The SMILES string of the molecule is CCOC(=O)c1cccn2c(C(=O)C(Cl)(Cl)Cl)cnc12. The summed E-state index contributed by atoms with van der Waals surface area (Å²) in [7, 11) is 0. The second-order valence-electron chi connectivity index (χ2n) is 3.81. The number of ketones is 1. The number of hydrogen-bond acceptors (Lipinski definition) is 4. The predicted octanol–water partition coefficient (Wildman–Crippen LogP) is 3.06. The number of ether oxygens (including phenoxy) is 1. The summed E-state index contributed by atoms with van der Waals surface area (Å²) < 4.78 is 4.22. The fraction of sp³-hybridized carbons (Fsp3) is 0.250. The van der Waals surface area contributed by atoms with Gasteiger partial charge in [0.1, 0.15) is 11.3 Å². The number of hydrogen-bond donors (Lipinski definition) is 0. The van der Waals surface area contributed by atoms with Gasteiger partial charge in [-0.15, -0.1) is 0 Å². The van der Waals surface area contributed by atoms with Crippen LogP contribution >= 0.6 is 34.8 Å². The first-order valence-corrected chi connectivity index (χ1v) is 6.74. The Morgan fingerprint density at radius 3 is 2.70 bits per heavy atom. The van der Waals surface area contributed by atoms with Gasteiger partial charge in [-0.05, 0) is 19.1 Å². The van der Waals surface area contributed by atoms with Crippen molar-refractivity contribution in [1.82, 2.24) is 9.38 Å². The molecule has 0 unspecified atom stereocenters. The molecule has 2 aromatic rings. The number of halogens is 3. The van der Waals surface area contributed by atoms with Gasteiger partial charge < -0.3 is 4.74 Å². The number of esters is 1. The fourth-order valence-electron chi connectivity index (χ4n) is 1.69. The molecular formula is C12H9Cl3N2O3. The average Bonchev–Trinajstić information content (AvgIpc) is 2.80. The zero-order valence-corrected chi connectivity index (χ0v) is 12.5. The van der Waals surface area contributed by atoms with Crippen LogP contribution in [0.3, 0.4) is 0 Å². The number of carbonyl (C=O) groups excluding carboxylic acids is 2. The van der Waals surface area contributed by atoms with E-state index in [1.165, 1.54) is 10.6 Å². The van der Waals surface area contributed by atoms with E-state index in [0.717, 1.165) is 0 Å². The number of aromatic nitrogens is 2. The first kappa shape index (κ1) is 15.1. The molecule has 2 aromatic heterocycles. The molecule has 0 aromatic carbocycles. The maximum Gasteiger partial charge on any atom is 0.341 e. The predicted molar refractivity (Wildman–Crippen MR) is 75.8 cm³/mol. The number of imidazole rings is 1. The Morgan fingerprint density at radius 1 is 1.40 bits per heavy atom. The Labute approximate surface area is 129 Å². The van der Waals surface area contributed by atoms with Crippen molar-refractivity contribution >= 4 is 52.2 Å². The monoisotopic (exact) mass is 334 g/mol. The van der Waals surface area contributed by atoms with E-state index < -0.39 is 15.5 Å². The van der Waals surface area contributed by atoms with E-state index in [2.05, 4.69) is 4.98 Å². The Balaban J connectivity index is 2.56. The second-order valence-corrected chi connectivity index (χ2v) is 6.09. The van der Waals surface area contributed by atoms with Crippen molar-refractivity contribution in [2.24, 2.45) is 0 Å². The van der Waals surface area contributed by atoms with E-state index >= 15 is 0 Å². The van der Waals surface area contributed by atoms with Gasteiger partial charge >= 0.3 is 5.97 Å². The number of rotatable bonds is 3. The van der Waals surface area contributed by atoms with Gasteiger partial charge in [0.25, 0.3) is 3.79 Å². The van der Waals surface area contributed by atoms with E-state index in [-0.39, 0.29) is 23.5 Å². The third-order valence-corrected chi connectivity index (χ3v) is 3.04. The highest BCUT2D eigenvalue weighted by Crippen LogP contribution is 2.30. The molecular weight excluding hydrogens is 327 g/mol. The molecule has 106 valence electrons. The normalized spacial score (nSPS) is 11.6. The average molecular weight is 336 g/mol. The Morgan fingerprint density at radius 2 is 2.10 bits per heavy atom. The van der Waals surface area contributed by atoms with Crippen LogP contribution in [0.5, 0.6) is 0 Å². The highest BCUT2D eigenvalue weighted by molar-refractivity contribution is 6.77. The lowest BCUT2D eigenvalue weighted by Crippen LogP contribution is -2.20. The Kier molecular flexibility index (Phi) is 4.22. The summed E-state index contributed by atoms with van der Waals surface area (Å²) in [6.07, 6.45) is 2.80. The highest BCUT2D eigenvalue weighted by Gasteiger charge is 2.34. The molecule has 0 fully saturated rings. The fourth-order valence-corrected chi connectivity index (χ4v) is 1.98. The minimum absolute atomic E-state index is 0.0751. The molecule has 0 saturated carbocycles. The molecule has 0 N–H and O–H groups in total. The second kappa shape index (κ2) is 5.60.